The van der Waals surface area contributed by atoms with Crippen LogP contribution >= 0.6 is 0 Å². The molecule has 82 valence electrons. The topological polar surface area (TPSA) is 49.8 Å². The maximum absolute atomic E-state index is 4.47. The number of aromatic nitrogens is 2. The third kappa shape index (κ3) is 2.65. The summed E-state index contributed by atoms with van der Waals surface area (Å²) >= 11 is 0. The van der Waals surface area contributed by atoms with Crippen LogP contribution in [-0.2, 0) is 0 Å². The zero-order chi connectivity index (χ0) is 10.7. The van der Waals surface area contributed by atoms with Crippen LogP contribution in [0, 0.1) is 13.8 Å². The zero-order valence-corrected chi connectivity index (χ0v) is 9.38. The predicted octanol–water partition coefficient (Wildman–Crippen LogP) is 1.26. The molecule has 1 aliphatic rings. The first-order chi connectivity index (χ1) is 7.25. The van der Waals surface area contributed by atoms with Crippen molar-refractivity contribution in [3.63, 3.8) is 0 Å². The van der Waals surface area contributed by atoms with E-state index in [4.69, 9.17) is 0 Å². The molecule has 4 nitrogen and oxygen atoms in total. The highest BCUT2D eigenvalue weighted by molar-refractivity contribution is 5.40. The molecule has 4 heteroatoms. The molecular weight excluding hydrogens is 188 g/mol. The lowest BCUT2D eigenvalue weighted by atomic mass is 10.1. The number of nitrogens with zero attached hydrogens (tertiary/aromatic N) is 2. The van der Waals surface area contributed by atoms with Crippen LogP contribution in [0.1, 0.15) is 24.2 Å². The average Bonchev–Trinajstić information content (AvgIpc) is 2.25. The fourth-order valence-electron chi connectivity index (χ4n) is 1.83. The second kappa shape index (κ2) is 4.57. The minimum Gasteiger partial charge on any atom is -0.366 e. The van der Waals surface area contributed by atoms with Gasteiger partial charge in [-0.15, -0.1) is 0 Å². The van der Waals surface area contributed by atoms with Crippen molar-refractivity contribution >= 4 is 5.82 Å². The summed E-state index contributed by atoms with van der Waals surface area (Å²) in [7, 11) is 0. The Morgan fingerprint density at radius 1 is 1.33 bits per heavy atom. The molecule has 1 aromatic heterocycles. The van der Waals surface area contributed by atoms with Gasteiger partial charge in [0.05, 0.1) is 11.4 Å². The van der Waals surface area contributed by atoms with E-state index in [1.807, 2.05) is 20.0 Å². The third-order valence-electron chi connectivity index (χ3n) is 2.76. The summed E-state index contributed by atoms with van der Waals surface area (Å²) in [5, 5.41) is 6.83. The van der Waals surface area contributed by atoms with Crippen LogP contribution in [-0.4, -0.2) is 29.1 Å². The molecule has 2 rings (SSSR count). The number of anilines is 1. The van der Waals surface area contributed by atoms with Crippen LogP contribution in [0.4, 0.5) is 5.82 Å². The molecule has 0 amide bonds. The van der Waals surface area contributed by atoms with Gasteiger partial charge in [-0.3, -0.25) is 4.98 Å². The van der Waals surface area contributed by atoms with Gasteiger partial charge in [0.2, 0.25) is 0 Å². The summed E-state index contributed by atoms with van der Waals surface area (Å²) in [6.45, 7) is 6.15. The average molecular weight is 206 g/mol. The fraction of sp³-hybridized carbons (Fsp3) is 0.636. The van der Waals surface area contributed by atoms with Crippen molar-refractivity contribution in [2.24, 2.45) is 0 Å². The van der Waals surface area contributed by atoms with Gasteiger partial charge >= 0.3 is 0 Å². The Hall–Kier alpha value is -1.16. The molecule has 0 unspecified atom stereocenters. The highest BCUT2D eigenvalue weighted by Crippen LogP contribution is 2.14. The number of rotatable bonds is 2. The van der Waals surface area contributed by atoms with E-state index in [2.05, 4.69) is 20.6 Å². The lowest BCUT2D eigenvalue weighted by Gasteiger charge is -2.24. The monoisotopic (exact) mass is 206 g/mol. The van der Waals surface area contributed by atoms with Crippen molar-refractivity contribution in [1.29, 1.82) is 0 Å². The first-order valence-corrected chi connectivity index (χ1v) is 5.53. The van der Waals surface area contributed by atoms with E-state index in [1.54, 1.807) is 0 Å². The van der Waals surface area contributed by atoms with Crippen LogP contribution in [0.15, 0.2) is 6.20 Å². The largest absolute Gasteiger partial charge is 0.366 e. The molecule has 0 aromatic carbocycles. The lowest BCUT2D eigenvalue weighted by Crippen LogP contribution is -2.35. The zero-order valence-electron chi connectivity index (χ0n) is 9.38. The van der Waals surface area contributed by atoms with Crippen molar-refractivity contribution in [3.8, 4) is 0 Å². The molecule has 0 aliphatic carbocycles. The van der Waals surface area contributed by atoms with Gasteiger partial charge in [-0.05, 0) is 39.8 Å². The first kappa shape index (κ1) is 10.4. The maximum atomic E-state index is 4.47. The fourth-order valence-corrected chi connectivity index (χ4v) is 1.83. The minimum absolute atomic E-state index is 0.543. The van der Waals surface area contributed by atoms with Gasteiger partial charge < -0.3 is 10.6 Å². The van der Waals surface area contributed by atoms with Gasteiger partial charge in [-0.25, -0.2) is 4.98 Å². The summed E-state index contributed by atoms with van der Waals surface area (Å²) in [5.41, 5.74) is 1.95. The van der Waals surface area contributed by atoms with Crippen molar-refractivity contribution < 1.29 is 0 Å². The predicted molar refractivity (Wildman–Crippen MR) is 61.0 cm³/mol. The van der Waals surface area contributed by atoms with E-state index in [-0.39, 0.29) is 0 Å². The number of nitrogens with one attached hydrogen (secondary N) is 2. The van der Waals surface area contributed by atoms with E-state index >= 15 is 0 Å². The number of hydrogen-bond acceptors (Lipinski definition) is 4. The van der Waals surface area contributed by atoms with Crippen molar-refractivity contribution in [3.05, 3.63) is 17.6 Å². The maximum Gasteiger partial charge on any atom is 0.147 e. The molecule has 1 aromatic rings. The normalized spacial score (nSPS) is 17.7. The highest BCUT2D eigenvalue weighted by Gasteiger charge is 2.14. The summed E-state index contributed by atoms with van der Waals surface area (Å²) in [5.74, 6) is 0.946. The van der Waals surface area contributed by atoms with Crippen molar-refractivity contribution in [2.75, 3.05) is 18.4 Å². The van der Waals surface area contributed by atoms with Gasteiger partial charge in [-0.1, -0.05) is 0 Å². The molecule has 2 N–H and O–H groups in total. The Bertz CT molecular complexity index is 331. The van der Waals surface area contributed by atoms with E-state index in [0.717, 1.165) is 43.1 Å². The number of aryl methyl sites for hydroxylation is 2. The second-order valence-corrected chi connectivity index (χ2v) is 4.11. The quantitative estimate of drug-likeness (QED) is 0.765. The smallest absolute Gasteiger partial charge is 0.147 e. The van der Waals surface area contributed by atoms with Crippen molar-refractivity contribution in [2.45, 2.75) is 32.7 Å². The van der Waals surface area contributed by atoms with Gasteiger partial charge in [0.1, 0.15) is 5.82 Å². The lowest BCUT2D eigenvalue weighted by molar-refractivity contribution is 0.478. The molecule has 0 saturated carbocycles. The van der Waals surface area contributed by atoms with E-state index in [0.29, 0.717) is 6.04 Å². The Morgan fingerprint density at radius 3 is 2.80 bits per heavy atom. The van der Waals surface area contributed by atoms with Crippen LogP contribution in [0.3, 0.4) is 0 Å². The van der Waals surface area contributed by atoms with Crippen LogP contribution in [0.5, 0.6) is 0 Å². The molecule has 2 heterocycles. The summed E-state index contributed by atoms with van der Waals surface area (Å²) in [6.07, 6.45) is 4.13. The van der Waals surface area contributed by atoms with Gasteiger partial charge in [-0.2, -0.15) is 0 Å². The Balaban J connectivity index is 2.05. The van der Waals surface area contributed by atoms with Crippen LogP contribution in [0.2, 0.25) is 0 Å². The third-order valence-corrected chi connectivity index (χ3v) is 2.76. The summed E-state index contributed by atoms with van der Waals surface area (Å²) < 4.78 is 0. The molecule has 0 bridgehead atoms. The van der Waals surface area contributed by atoms with E-state index in [1.165, 1.54) is 0 Å². The second-order valence-electron chi connectivity index (χ2n) is 4.11. The Labute approximate surface area is 90.5 Å². The van der Waals surface area contributed by atoms with Crippen LogP contribution in [0.25, 0.3) is 0 Å². The summed E-state index contributed by atoms with van der Waals surface area (Å²) in [6, 6.07) is 0.543. The van der Waals surface area contributed by atoms with Gasteiger partial charge in [0, 0.05) is 12.2 Å². The van der Waals surface area contributed by atoms with Crippen molar-refractivity contribution in [1.82, 2.24) is 15.3 Å². The van der Waals surface area contributed by atoms with E-state index < -0.39 is 0 Å². The van der Waals surface area contributed by atoms with E-state index in [9.17, 15) is 0 Å². The standard InChI is InChI=1S/C11H18N4/c1-8-7-13-9(2)11(14-8)15-10-3-5-12-6-4-10/h7,10,12H,3-6H2,1-2H3,(H,14,15). The summed E-state index contributed by atoms with van der Waals surface area (Å²) in [4.78, 5) is 8.78. The Kier molecular flexibility index (Phi) is 3.16. The van der Waals surface area contributed by atoms with Crippen LogP contribution < -0.4 is 10.6 Å². The molecule has 1 aliphatic heterocycles. The molecule has 0 spiro atoms. The van der Waals surface area contributed by atoms with Gasteiger partial charge in [0.25, 0.3) is 0 Å². The highest BCUT2D eigenvalue weighted by atomic mass is 15.1. The molecule has 0 atom stereocenters. The molecule has 1 saturated heterocycles. The first-order valence-electron chi connectivity index (χ1n) is 5.53. The number of hydrogen-bond donors (Lipinski definition) is 2. The van der Waals surface area contributed by atoms with Gasteiger partial charge in [0.15, 0.2) is 0 Å². The number of piperidine rings is 1. The molecule has 0 radical (unpaired) electrons. The Morgan fingerprint density at radius 2 is 2.07 bits per heavy atom. The minimum atomic E-state index is 0.543. The molecule has 1 fully saturated rings. The molecule has 15 heavy (non-hydrogen) atoms. The SMILES string of the molecule is Cc1cnc(C)c(NC2CCNCC2)n1. The molecular formula is C11H18N4.